The maximum Gasteiger partial charge on any atom is 0.217 e. The molecule has 0 aromatic carbocycles. The quantitative estimate of drug-likeness (QED) is 0.322. The summed E-state index contributed by atoms with van der Waals surface area (Å²) in [6, 6.07) is 0. The van der Waals surface area contributed by atoms with E-state index in [0.29, 0.717) is 17.5 Å². The van der Waals surface area contributed by atoms with Gasteiger partial charge in [-0.15, -0.1) is 11.8 Å². The molecule has 84 valence electrons. The third-order valence-corrected chi connectivity index (χ3v) is 3.20. The SMILES string of the molecule is NCSCCC(S)CCCCC(N)=O. The lowest BCUT2D eigenvalue weighted by atomic mass is 10.1. The fraction of sp³-hybridized carbons (Fsp3) is 0.889. The van der Waals surface area contributed by atoms with E-state index >= 15 is 0 Å². The molecule has 0 aromatic rings. The summed E-state index contributed by atoms with van der Waals surface area (Å²) in [7, 11) is 0. The summed E-state index contributed by atoms with van der Waals surface area (Å²) in [4.78, 5) is 10.4. The minimum Gasteiger partial charge on any atom is -0.370 e. The first-order chi connectivity index (χ1) is 6.66. The normalized spacial score (nSPS) is 12.7. The minimum absolute atomic E-state index is 0.209. The Labute approximate surface area is 95.8 Å². The van der Waals surface area contributed by atoms with Crippen molar-refractivity contribution in [3.63, 3.8) is 0 Å². The highest BCUT2D eigenvalue weighted by Gasteiger charge is 2.03. The van der Waals surface area contributed by atoms with E-state index in [1.54, 1.807) is 11.8 Å². The lowest BCUT2D eigenvalue weighted by Crippen LogP contribution is -2.10. The summed E-state index contributed by atoms with van der Waals surface area (Å²) < 4.78 is 0. The molecule has 0 aliphatic heterocycles. The Morgan fingerprint density at radius 3 is 2.64 bits per heavy atom. The topological polar surface area (TPSA) is 69.1 Å². The van der Waals surface area contributed by atoms with Crippen LogP contribution in [-0.4, -0.2) is 22.8 Å². The van der Waals surface area contributed by atoms with Crippen molar-refractivity contribution in [2.24, 2.45) is 11.5 Å². The van der Waals surface area contributed by atoms with Gasteiger partial charge in [-0.25, -0.2) is 0 Å². The highest BCUT2D eigenvalue weighted by Crippen LogP contribution is 2.14. The number of carbonyl (C=O) groups excluding carboxylic acids is 1. The average Bonchev–Trinajstić information content (AvgIpc) is 2.13. The molecule has 0 bridgehead atoms. The van der Waals surface area contributed by atoms with Gasteiger partial charge >= 0.3 is 0 Å². The van der Waals surface area contributed by atoms with Crippen LogP contribution in [0, 0.1) is 0 Å². The van der Waals surface area contributed by atoms with Gasteiger partial charge in [0, 0.05) is 17.5 Å². The third kappa shape index (κ3) is 10.2. The first-order valence-corrected chi connectivity index (χ1v) is 6.58. The van der Waals surface area contributed by atoms with E-state index in [-0.39, 0.29) is 5.91 Å². The first kappa shape index (κ1) is 14.1. The van der Waals surface area contributed by atoms with Crippen LogP contribution in [0.25, 0.3) is 0 Å². The van der Waals surface area contributed by atoms with Crippen LogP contribution in [0.2, 0.25) is 0 Å². The van der Waals surface area contributed by atoms with Crippen LogP contribution in [0.3, 0.4) is 0 Å². The summed E-state index contributed by atoms with van der Waals surface area (Å²) in [6.07, 6.45) is 4.56. The number of hydrogen-bond donors (Lipinski definition) is 3. The van der Waals surface area contributed by atoms with Crippen LogP contribution < -0.4 is 11.5 Å². The van der Waals surface area contributed by atoms with E-state index in [1.165, 1.54) is 0 Å². The van der Waals surface area contributed by atoms with Gasteiger partial charge in [0.25, 0.3) is 0 Å². The van der Waals surface area contributed by atoms with Crippen LogP contribution in [0.5, 0.6) is 0 Å². The number of thiol groups is 1. The molecule has 0 aromatic heterocycles. The zero-order valence-corrected chi connectivity index (χ0v) is 10.2. The highest BCUT2D eigenvalue weighted by molar-refractivity contribution is 7.99. The van der Waals surface area contributed by atoms with Crippen LogP contribution in [0.4, 0.5) is 0 Å². The Morgan fingerprint density at radius 1 is 1.36 bits per heavy atom. The molecule has 3 nitrogen and oxygen atoms in total. The second-order valence-corrected chi connectivity index (χ2v) is 5.11. The Bertz CT molecular complexity index is 156. The predicted molar refractivity (Wildman–Crippen MR) is 66.6 cm³/mol. The zero-order chi connectivity index (χ0) is 10.8. The van der Waals surface area contributed by atoms with Gasteiger partial charge in [-0.3, -0.25) is 4.79 Å². The average molecular weight is 236 g/mol. The molecular weight excluding hydrogens is 216 g/mol. The second kappa shape index (κ2) is 9.68. The van der Waals surface area contributed by atoms with Crippen molar-refractivity contribution < 1.29 is 4.79 Å². The molecule has 5 heteroatoms. The minimum atomic E-state index is -0.209. The van der Waals surface area contributed by atoms with Gasteiger partial charge in [-0.2, -0.15) is 12.6 Å². The van der Waals surface area contributed by atoms with Crippen LogP contribution >= 0.6 is 24.4 Å². The van der Waals surface area contributed by atoms with E-state index in [9.17, 15) is 4.79 Å². The zero-order valence-electron chi connectivity index (χ0n) is 8.45. The lowest BCUT2D eigenvalue weighted by Gasteiger charge is -2.08. The highest BCUT2D eigenvalue weighted by atomic mass is 32.2. The predicted octanol–water partition coefficient (Wildman–Crippen LogP) is 1.37. The van der Waals surface area contributed by atoms with Crippen molar-refractivity contribution in [2.45, 2.75) is 37.4 Å². The fourth-order valence-corrected chi connectivity index (χ4v) is 2.23. The number of nitrogens with two attached hydrogens (primary N) is 2. The van der Waals surface area contributed by atoms with Crippen molar-refractivity contribution >= 4 is 30.3 Å². The summed E-state index contributed by atoms with van der Waals surface area (Å²) >= 11 is 6.19. The molecule has 0 saturated carbocycles. The van der Waals surface area contributed by atoms with Crippen molar-refractivity contribution in [1.82, 2.24) is 0 Å². The number of amides is 1. The molecule has 1 unspecified atom stereocenters. The molecule has 0 radical (unpaired) electrons. The van der Waals surface area contributed by atoms with Gasteiger partial charge in [0.15, 0.2) is 0 Å². The number of carbonyl (C=O) groups is 1. The second-order valence-electron chi connectivity index (χ2n) is 3.23. The van der Waals surface area contributed by atoms with Crippen molar-refractivity contribution in [3.05, 3.63) is 0 Å². The molecule has 0 fully saturated rings. The number of thioether (sulfide) groups is 1. The summed E-state index contributed by atoms with van der Waals surface area (Å²) in [5.41, 5.74) is 10.4. The number of unbranched alkanes of at least 4 members (excludes halogenated alkanes) is 1. The van der Waals surface area contributed by atoms with Crippen molar-refractivity contribution in [1.29, 1.82) is 0 Å². The van der Waals surface area contributed by atoms with E-state index < -0.39 is 0 Å². The monoisotopic (exact) mass is 236 g/mol. The summed E-state index contributed by atoms with van der Waals surface area (Å²) in [5.74, 6) is 1.54. The fourth-order valence-electron chi connectivity index (χ4n) is 1.13. The molecule has 1 atom stereocenters. The van der Waals surface area contributed by atoms with E-state index in [2.05, 4.69) is 12.6 Å². The molecule has 0 aliphatic carbocycles. The molecular formula is C9H20N2OS2. The Kier molecular flexibility index (Phi) is 9.77. The van der Waals surface area contributed by atoms with Gasteiger partial charge in [-0.05, 0) is 25.0 Å². The van der Waals surface area contributed by atoms with E-state index in [1.807, 2.05) is 0 Å². The molecule has 0 rings (SSSR count). The molecule has 4 N–H and O–H groups in total. The van der Waals surface area contributed by atoms with Crippen molar-refractivity contribution in [3.8, 4) is 0 Å². The first-order valence-electron chi connectivity index (χ1n) is 4.91. The molecule has 0 heterocycles. The van der Waals surface area contributed by atoms with Crippen LogP contribution in [0.1, 0.15) is 32.1 Å². The van der Waals surface area contributed by atoms with E-state index in [0.717, 1.165) is 31.4 Å². The molecule has 1 amide bonds. The Hall–Kier alpha value is 0.130. The molecule has 0 aliphatic rings. The summed E-state index contributed by atoms with van der Waals surface area (Å²) in [5, 5.41) is 0.432. The van der Waals surface area contributed by atoms with Gasteiger partial charge in [0.1, 0.15) is 0 Å². The number of hydrogen-bond acceptors (Lipinski definition) is 4. The maximum absolute atomic E-state index is 10.4. The lowest BCUT2D eigenvalue weighted by molar-refractivity contribution is -0.118. The van der Waals surface area contributed by atoms with Crippen LogP contribution in [-0.2, 0) is 4.79 Å². The molecule has 0 spiro atoms. The van der Waals surface area contributed by atoms with Gasteiger partial charge in [0.2, 0.25) is 5.91 Å². The van der Waals surface area contributed by atoms with Gasteiger partial charge < -0.3 is 11.5 Å². The van der Waals surface area contributed by atoms with Gasteiger partial charge in [0.05, 0.1) is 0 Å². The van der Waals surface area contributed by atoms with Crippen LogP contribution in [0.15, 0.2) is 0 Å². The molecule has 14 heavy (non-hydrogen) atoms. The summed E-state index contributed by atoms with van der Waals surface area (Å²) in [6.45, 7) is 0. The maximum atomic E-state index is 10.4. The smallest absolute Gasteiger partial charge is 0.217 e. The Balaban J connectivity index is 3.18. The third-order valence-electron chi connectivity index (χ3n) is 1.92. The number of primary amides is 1. The number of rotatable bonds is 9. The largest absolute Gasteiger partial charge is 0.370 e. The Morgan fingerprint density at radius 2 is 2.07 bits per heavy atom. The van der Waals surface area contributed by atoms with E-state index in [4.69, 9.17) is 11.5 Å². The van der Waals surface area contributed by atoms with Gasteiger partial charge in [-0.1, -0.05) is 6.42 Å². The molecule has 0 saturated heterocycles. The standard InChI is InChI=1S/C9H20N2OS2/c10-7-14-6-5-8(13)3-1-2-4-9(11)12/h8,13H,1-7,10H2,(H2,11,12). The van der Waals surface area contributed by atoms with Crippen molar-refractivity contribution in [2.75, 3.05) is 11.6 Å².